The number of amides is 1. The Bertz CT molecular complexity index is 1070. The SMILES string of the molecule is CC(=O)c1ccc(O)c(C(=O)Nc2cc(-c3ccccc3)ccc2C(=O)O)c1. The number of rotatable bonds is 5. The van der Waals surface area contributed by atoms with Gasteiger partial charge in [-0.2, -0.15) is 0 Å². The van der Waals surface area contributed by atoms with Crippen LogP contribution in [0, 0.1) is 0 Å². The van der Waals surface area contributed by atoms with Crippen molar-refractivity contribution in [2.45, 2.75) is 6.92 Å². The predicted molar refractivity (Wildman–Crippen MR) is 105 cm³/mol. The second-order valence-corrected chi connectivity index (χ2v) is 6.17. The number of phenolic OH excluding ortho intramolecular Hbond substituents is 1. The molecule has 3 aromatic carbocycles. The number of anilines is 1. The number of hydrogen-bond acceptors (Lipinski definition) is 4. The molecule has 0 atom stereocenters. The Labute approximate surface area is 161 Å². The Hall–Kier alpha value is -3.93. The predicted octanol–water partition coefficient (Wildman–Crippen LogP) is 4.21. The van der Waals surface area contributed by atoms with Crippen LogP contribution in [0.1, 0.15) is 38.0 Å². The normalized spacial score (nSPS) is 10.3. The molecule has 0 aromatic heterocycles. The number of Topliss-reactive ketones (excluding diaryl/α,β-unsaturated/α-hetero) is 1. The number of phenols is 1. The molecule has 0 saturated carbocycles. The van der Waals surface area contributed by atoms with Gasteiger partial charge in [0.1, 0.15) is 5.75 Å². The maximum Gasteiger partial charge on any atom is 0.337 e. The molecule has 0 bridgehead atoms. The fraction of sp³-hybridized carbons (Fsp3) is 0.0455. The van der Waals surface area contributed by atoms with Crippen LogP contribution >= 0.6 is 0 Å². The lowest BCUT2D eigenvalue weighted by Crippen LogP contribution is -2.15. The van der Waals surface area contributed by atoms with E-state index in [9.17, 15) is 24.6 Å². The lowest BCUT2D eigenvalue weighted by Gasteiger charge is -2.12. The molecule has 0 unspecified atom stereocenters. The highest BCUT2D eigenvalue weighted by Gasteiger charge is 2.18. The number of benzene rings is 3. The third-order valence-corrected chi connectivity index (χ3v) is 4.25. The number of nitrogens with one attached hydrogen (secondary N) is 1. The van der Waals surface area contributed by atoms with Crippen molar-refractivity contribution in [1.29, 1.82) is 0 Å². The van der Waals surface area contributed by atoms with Gasteiger partial charge in [0.05, 0.1) is 16.8 Å². The number of aromatic hydroxyl groups is 1. The molecule has 1 amide bonds. The minimum Gasteiger partial charge on any atom is -0.507 e. The van der Waals surface area contributed by atoms with Gasteiger partial charge in [-0.15, -0.1) is 0 Å². The third-order valence-electron chi connectivity index (χ3n) is 4.25. The minimum absolute atomic E-state index is 0.0877. The number of aromatic carboxylic acids is 1. The molecule has 0 heterocycles. The zero-order valence-electron chi connectivity index (χ0n) is 15.0. The van der Waals surface area contributed by atoms with Crippen LogP contribution in [0.4, 0.5) is 5.69 Å². The van der Waals surface area contributed by atoms with E-state index < -0.39 is 11.9 Å². The summed E-state index contributed by atoms with van der Waals surface area (Å²) in [5.74, 6) is -2.48. The van der Waals surface area contributed by atoms with Crippen molar-refractivity contribution in [3.63, 3.8) is 0 Å². The number of carbonyl (C=O) groups is 3. The summed E-state index contributed by atoms with van der Waals surface area (Å²) >= 11 is 0. The number of carboxylic acids is 1. The van der Waals surface area contributed by atoms with Crippen LogP contribution in [0.25, 0.3) is 11.1 Å². The Morgan fingerprint density at radius 2 is 1.54 bits per heavy atom. The van der Waals surface area contributed by atoms with E-state index in [1.54, 1.807) is 12.1 Å². The standard InChI is InChI=1S/C22H17NO5/c1-13(24)15-8-10-20(25)18(11-15)21(26)23-19-12-16(7-9-17(19)22(27)28)14-5-3-2-4-6-14/h2-12,25H,1H3,(H,23,26)(H,27,28). The van der Waals surface area contributed by atoms with Crippen LogP contribution in [0.15, 0.2) is 66.7 Å². The third kappa shape index (κ3) is 3.91. The second-order valence-electron chi connectivity index (χ2n) is 6.17. The topological polar surface area (TPSA) is 104 Å². The van der Waals surface area contributed by atoms with Gasteiger partial charge < -0.3 is 15.5 Å². The first kappa shape index (κ1) is 18.8. The van der Waals surface area contributed by atoms with Crippen LogP contribution in [-0.4, -0.2) is 27.9 Å². The van der Waals surface area contributed by atoms with Gasteiger partial charge in [0, 0.05) is 5.56 Å². The smallest absolute Gasteiger partial charge is 0.337 e. The van der Waals surface area contributed by atoms with E-state index in [2.05, 4.69) is 5.32 Å². The van der Waals surface area contributed by atoms with Crippen molar-refractivity contribution in [2.24, 2.45) is 0 Å². The van der Waals surface area contributed by atoms with Crippen molar-refractivity contribution >= 4 is 23.3 Å². The molecule has 0 aliphatic rings. The Balaban J connectivity index is 2.01. The second kappa shape index (κ2) is 7.75. The average Bonchev–Trinajstić information content (AvgIpc) is 2.68. The van der Waals surface area contributed by atoms with Crippen LogP contribution in [0.3, 0.4) is 0 Å². The first-order valence-corrected chi connectivity index (χ1v) is 8.45. The summed E-state index contributed by atoms with van der Waals surface area (Å²) in [5.41, 5.74) is 1.73. The average molecular weight is 375 g/mol. The van der Waals surface area contributed by atoms with Crippen LogP contribution in [0.2, 0.25) is 0 Å². The van der Waals surface area contributed by atoms with Gasteiger partial charge in [-0.1, -0.05) is 36.4 Å². The van der Waals surface area contributed by atoms with Crippen molar-refractivity contribution in [3.8, 4) is 16.9 Å². The van der Waals surface area contributed by atoms with Gasteiger partial charge in [0.2, 0.25) is 0 Å². The van der Waals surface area contributed by atoms with Gasteiger partial charge in [0.25, 0.3) is 5.91 Å². The molecule has 3 N–H and O–H groups in total. The number of ketones is 1. The maximum absolute atomic E-state index is 12.7. The molecule has 0 radical (unpaired) electrons. The van der Waals surface area contributed by atoms with Crippen LogP contribution < -0.4 is 5.32 Å². The molecule has 0 aliphatic carbocycles. The van der Waals surface area contributed by atoms with Gasteiger partial charge in [0.15, 0.2) is 5.78 Å². The maximum atomic E-state index is 12.7. The van der Waals surface area contributed by atoms with E-state index in [1.165, 1.54) is 31.2 Å². The lowest BCUT2D eigenvalue weighted by atomic mass is 10.0. The summed E-state index contributed by atoms with van der Waals surface area (Å²) in [6.07, 6.45) is 0. The van der Waals surface area contributed by atoms with E-state index in [1.807, 2.05) is 30.3 Å². The summed E-state index contributed by atoms with van der Waals surface area (Å²) in [6.45, 7) is 1.35. The monoisotopic (exact) mass is 375 g/mol. The summed E-state index contributed by atoms with van der Waals surface area (Å²) in [5, 5.41) is 22.0. The van der Waals surface area contributed by atoms with E-state index in [0.29, 0.717) is 0 Å². The van der Waals surface area contributed by atoms with Crippen molar-refractivity contribution in [1.82, 2.24) is 0 Å². The number of hydrogen-bond donors (Lipinski definition) is 3. The Morgan fingerprint density at radius 3 is 2.18 bits per heavy atom. The van der Waals surface area contributed by atoms with E-state index in [4.69, 9.17) is 0 Å². The molecule has 28 heavy (non-hydrogen) atoms. The molecule has 0 saturated heterocycles. The van der Waals surface area contributed by atoms with Crippen molar-refractivity contribution < 1.29 is 24.6 Å². The van der Waals surface area contributed by atoms with Crippen molar-refractivity contribution in [3.05, 3.63) is 83.4 Å². The largest absolute Gasteiger partial charge is 0.507 e. The highest BCUT2D eigenvalue weighted by Crippen LogP contribution is 2.27. The van der Waals surface area contributed by atoms with Gasteiger partial charge >= 0.3 is 5.97 Å². The molecule has 140 valence electrons. The molecular formula is C22H17NO5. The summed E-state index contributed by atoms with van der Waals surface area (Å²) in [4.78, 5) is 35.8. The Kier molecular flexibility index (Phi) is 5.22. The quantitative estimate of drug-likeness (QED) is 0.580. The number of carbonyl (C=O) groups excluding carboxylic acids is 2. The van der Waals surface area contributed by atoms with Gasteiger partial charge in [-0.05, 0) is 48.4 Å². The fourth-order valence-corrected chi connectivity index (χ4v) is 2.77. The molecule has 6 nitrogen and oxygen atoms in total. The molecular weight excluding hydrogens is 358 g/mol. The van der Waals surface area contributed by atoms with Crippen molar-refractivity contribution in [2.75, 3.05) is 5.32 Å². The zero-order valence-corrected chi connectivity index (χ0v) is 15.0. The summed E-state index contributed by atoms with van der Waals surface area (Å²) in [6, 6.07) is 17.9. The highest BCUT2D eigenvalue weighted by atomic mass is 16.4. The molecule has 0 fully saturated rings. The Morgan fingerprint density at radius 1 is 0.821 bits per heavy atom. The van der Waals surface area contributed by atoms with Gasteiger partial charge in [-0.25, -0.2) is 4.79 Å². The lowest BCUT2D eigenvalue weighted by molar-refractivity contribution is 0.0697. The van der Waals surface area contributed by atoms with E-state index in [0.717, 1.165) is 11.1 Å². The molecule has 3 aromatic rings. The number of carboxylic acid groups (broad SMARTS) is 1. The first-order chi connectivity index (χ1) is 13.4. The van der Waals surface area contributed by atoms with Crippen LogP contribution in [0.5, 0.6) is 5.75 Å². The highest BCUT2D eigenvalue weighted by molar-refractivity contribution is 6.10. The fourth-order valence-electron chi connectivity index (χ4n) is 2.77. The molecule has 0 spiro atoms. The molecule has 3 rings (SSSR count). The summed E-state index contributed by atoms with van der Waals surface area (Å²) < 4.78 is 0. The van der Waals surface area contributed by atoms with Crippen LogP contribution in [-0.2, 0) is 0 Å². The molecule has 0 aliphatic heterocycles. The van der Waals surface area contributed by atoms with E-state index >= 15 is 0 Å². The minimum atomic E-state index is -1.20. The molecule has 6 heteroatoms. The van der Waals surface area contributed by atoms with Gasteiger partial charge in [-0.3, -0.25) is 9.59 Å². The zero-order chi connectivity index (χ0) is 20.3. The first-order valence-electron chi connectivity index (χ1n) is 8.45. The van der Waals surface area contributed by atoms with E-state index in [-0.39, 0.29) is 33.9 Å². The summed E-state index contributed by atoms with van der Waals surface area (Å²) in [7, 11) is 0.